The molecule has 1 aliphatic carbocycles. The molecule has 4 heteroatoms. The van der Waals surface area contributed by atoms with E-state index >= 15 is 0 Å². The first kappa shape index (κ1) is 14.8. The third-order valence-corrected chi connectivity index (χ3v) is 4.43. The van der Waals surface area contributed by atoms with E-state index in [1.807, 2.05) is 0 Å². The molecule has 4 nitrogen and oxygen atoms in total. The van der Waals surface area contributed by atoms with Crippen LogP contribution in [0.1, 0.15) is 39.5 Å². The first-order chi connectivity index (χ1) is 9.06. The minimum absolute atomic E-state index is 0.247. The molecule has 1 amide bonds. The van der Waals surface area contributed by atoms with Gasteiger partial charge in [0.05, 0.1) is 0 Å². The van der Waals surface area contributed by atoms with Gasteiger partial charge in [-0.1, -0.05) is 13.8 Å². The molecule has 1 saturated heterocycles. The lowest BCUT2D eigenvalue weighted by atomic mass is 9.85. The highest BCUT2D eigenvalue weighted by Crippen LogP contribution is 2.25. The summed E-state index contributed by atoms with van der Waals surface area (Å²) in [6.07, 6.45) is 4.02. The van der Waals surface area contributed by atoms with Crippen LogP contribution in [0.25, 0.3) is 0 Å². The van der Waals surface area contributed by atoms with Crippen LogP contribution < -0.4 is 5.73 Å². The predicted molar refractivity (Wildman–Crippen MR) is 77.8 cm³/mol. The fourth-order valence-electron chi connectivity index (χ4n) is 3.29. The SMILES string of the molecule is CC(C)CN1CCN(C(=O)C2CCC(N)CC2)CC1. The van der Waals surface area contributed by atoms with Crippen molar-refractivity contribution < 1.29 is 4.79 Å². The van der Waals surface area contributed by atoms with Crippen molar-refractivity contribution in [1.82, 2.24) is 9.80 Å². The van der Waals surface area contributed by atoms with Crippen LogP contribution in [0.4, 0.5) is 0 Å². The van der Waals surface area contributed by atoms with Gasteiger partial charge in [-0.2, -0.15) is 0 Å². The standard InChI is InChI=1S/C15H29N3O/c1-12(2)11-17-7-9-18(10-8-17)15(19)13-3-5-14(16)6-4-13/h12-14H,3-11,16H2,1-2H3. The molecular weight excluding hydrogens is 238 g/mol. The third-order valence-electron chi connectivity index (χ3n) is 4.43. The number of carbonyl (C=O) groups excluding carboxylic acids is 1. The lowest BCUT2D eigenvalue weighted by molar-refractivity contribution is -0.138. The number of hydrogen-bond acceptors (Lipinski definition) is 3. The summed E-state index contributed by atoms with van der Waals surface area (Å²) < 4.78 is 0. The zero-order chi connectivity index (χ0) is 13.8. The number of carbonyl (C=O) groups is 1. The highest BCUT2D eigenvalue weighted by atomic mass is 16.2. The summed E-state index contributed by atoms with van der Waals surface area (Å²) in [5, 5.41) is 0. The molecule has 0 aromatic rings. The van der Waals surface area contributed by atoms with Gasteiger partial charge in [-0.15, -0.1) is 0 Å². The van der Waals surface area contributed by atoms with Crippen molar-refractivity contribution in [1.29, 1.82) is 0 Å². The van der Waals surface area contributed by atoms with E-state index in [2.05, 4.69) is 23.6 Å². The highest BCUT2D eigenvalue weighted by molar-refractivity contribution is 5.79. The highest BCUT2D eigenvalue weighted by Gasteiger charge is 2.30. The van der Waals surface area contributed by atoms with Gasteiger partial charge in [-0.05, 0) is 31.6 Å². The van der Waals surface area contributed by atoms with Crippen LogP contribution in [0.3, 0.4) is 0 Å². The van der Waals surface area contributed by atoms with Crippen LogP contribution in [0.5, 0.6) is 0 Å². The maximum atomic E-state index is 12.5. The first-order valence-electron chi connectivity index (χ1n) is 7.83. The molecule has 0 atom stereocenters. The second-order valence-corrected chi connectivity index (χ2v) is 6.63. The molecule has 1 saturated carbocycles. The van der Waals surface area contributed by atoms with Crippen LogP contribution in [0.15, 0.2) is 0 Å². The summed E-state index contributed by atoms with van der Waals surface area (Å²) in [5.41, 5.74) is 5.91. The van der Waals surface area contributed by atoms with E-state index in [-0.39, 0.29) is 5.92 Å². The van der Waals surface area contributed by atoms with E-state index in [0.29, 0.717) is 17.9 Å². The molecule has 0 aromatic carbocycles. The van der Waals surface area contributed by atoms with Crippen molar-refractivity contribution in [3.8, 4) is 0 Å². The molecule has 0 spiro atoms. The molecule has 1 heterocycles. The minimum Gasteiger partial charge on any atom is -0.340 e. The number of rotatable bonds is 3. The Morgan fingerprint density at radius 2 is 1.68 bits per heavy atom. The molecule has 0 radical (unpaired) electrons. The average molecular weight is 267 g/mol. The summed E-state index contributed by atoms with van der Waals surface area (Å²) in [6.45, 7) is 9.56. The summed E-state index contributed by atoms with van der Waals surface area (Å²) >= 11 is 0. The Morgan fingerprint density at radius 1 is 1.11 bits per heavy atom. The molecular formula is C15H29N3O. The van der Waals surface area contributed by atoms with Crippen molar-refractivity contribution in [2.45, 2.75) is 45.6 Å². The van der Waals surface area contributed by atoms with Gasteiger partial charge in [0.1, 0.15) is 0 Å². The fourth-order valence-corrected chi connectivity index (χ4v) is 3.29. The Hall–Kier alpha value is -0.610. The van der Waals surface area contributed by atoms with Crippen molar-refractivity contribution in [3.63, 3.8) is 0 Å². The van der Waals surface area contributed by atoms with Gasteiger partial charge in [-0.25, -0.2) is 0 Å². The Labute approximate surface area is 117 Å². The fraction of sp³-hybridized carbons (Fsp3) is 0.933. The zero-order valence-electron chi connectivity index (χ0n) is 12.5. The Kier molecular flexibility index (Phi) is 5.22. The molecule has 0 bridgehead atoms. The number of piperazine rings is 1. The predicted octanol–water partition coefficient (Wildman–Crippen LogP) is 1.30. The average Bonchev–Trinajstić information content (AvgIpc) is 2.39. The van der Waals surface area contributed by atoms with E-state index in [4.69, 9.17) is 5.73 Å². The Bertz CT molecular complexity index is 290. The van der Waals surface area contributed by atoms with Gasteiger partial charge < -0.3 is 10.6 Å². The Balaban J connectivity index is 1.76. The molecule has 2 aliphatic rings. The molecule has 110 valence electrons. The quantitative estimate of drug-likeness (QED) is 0.838. The van der Waals surface area contributed by atoms with E-state index in [0.717, 1.165) is 58.4 Å². The van der Waals surface area contributed by atoms with Crippen LogP contribution in [0.2, 0.25) is 0 Å². The van der Waals surface area contributed by atoms with Crippen LogP contribution in [-0.4, -0.2) is 54.5 Å². The molecule has 0 aromatic heterocycles. The largest absolute Gasteiger partial charge is 0.340 e. The lowest BCUT2D eigenvalue weighted by Crippen LogP contribution is -2.51. The molecule has 19 heavy (non-hydrogen) atoms. The van der Waals surface area contributed by atoms with Gasteiger partial charge in [0.2, 0.25) is 5.91 Å². The van der Waals surface area contributed by atoms with Gasteiger partial charge in [0.25, 0.3) is 0 Å². The molecule has 1 aliphatic heterocycles. The third kappa shape index (κ3) is 4.18. The number of nitrogens with zero attached hydrogens (tertiary/aromatic N) is 2. The molecule has 2 rings (SSSR count). The van der Waals surface area contributed by atoms with Crippen molar-refractivity contribution in [2.75, 3.05) is 32.7 Å². The number of hydrogen-bond donors (Lipinski definition) is 1. The molecule has 2 fully saturated rings. The van der Waals surface area contributed by atoms with Crippen molar-refractivity contribution >= 4 is 5.91 Å². The zero-order valence-corrected chi connectivity index (χ0v) is 12.5. The van der Waals surface area contributed by atoms with Crippen molar-refractivity contribution in [2.24, 2.45) is 17.6 Å². The van der Waals surface area contributed by atoms with Gasteiger partial charge in [-0.3, -0.25) is 9.69 Å². The van der Waals surface area contributed by atoms with E-state index < -0.39 is 0 Å². The summed E-state index contributed by atoms with van der Waals surface area (Å²) in [7, 11) is 0. The Morgan fingerprint density at radius 3 is 2.21 bits per heavy atom. The summed E-state index contributed by atoms with van der Waals surface area (Å²) in [4.78, 5) is 17.0. The van der Waals surface area contributed by atoms with E-state index in [9.17, 15) is 4.79 Å². The lowest BCUT2D eigenvalue weighted by Gasteiger charge is -2.38. The van der Waals surface area contributed by atoms with Gasteiger partial charge in [0.15, 0.2) is 0 Å². The number of nitrogens with two attached hydrogens (primary N) is 1. The topological polar surface area (TPSA) is 49.6 Å². The van der Waals surface area contributed by atoms with Gasteiger partial charge >= 0.3 is 0 Å². The van der Waals surface area contributed by atoms with Crippen molar-refractivity contribution in [3.05, 3.63) is 0 Å². The molecule has 2 N–H and O–H groups in total. The van der Waals surface area contributed by atoms with Gasteiger partial charge in [0, 0.05) is 44.7 Å². The summed E-state index contributed by atoms with van der Waals surface area (Å²) in [6, 6.07) is 0.326. The maximum Gasteiger partial charge on any atom is 0.225 e. The van der Waals surface area contributed by atoms with Crippen LogP contribution in [-0.2, 0) is 4.79 Å². The summed E-state index contributed by atoms with van der Waals surface area (Å²) in [5.74, 6) is 1.34. The number of amides is 1. The normalized spacial score (nSPS) is 29.8. The smallest absolute Gasteiger partial charge is 0.225 e. The van der Waals surface area contributed by atoms with E-state index in [1.165, 1.54) is 0 Å². The van der Waals surface area contributed by atoms with Crippen LogP contribution >= 0.6 is 0 Å². The monoisotopic (exact) mass is 267 g/mol. The maximum absolute atomic E-state index is 12.5. The minimum atomic E-state index is 0.247. The molecule has 0 unspecified atom stereocenters. The second kappa shape index (κ2) is 6.71. The first-order valence-corrected chi connectivity index (χ1v) is 7.83. The second-order valence-electron chi connectivity index (χ2n) is 6.63. The van der Waals surface area contributed by atoms with Crippen LogP contribution in [0, 0.1) is 11.8 Å². The van der Waals surface area contributed by atoms with E-state index in [1.54, 1.807) is 0 Å².